The van der Waals surface area contributed by atoms with Gasteiger partial charge in [-0.25, -0.2) is 4.39 Å². The zero-order valence-corrected chi connectivity index (χ0v) is 15.7. The minimum Gasteiger partial charge on any atom is -0.320 e. The van der Waals surface area contributed by atoms with Gasteiger partial charge in [-0.15, -0.1) is 5.10 Å². The molecule has 0 aliphatic carbocycles. The van der Waals surface area contributed by atoms with Crippen LogP contribution in [0, 0.1) is 29.8 Å². The number of tetrazole rings is 1. The van der Waals surface area contributed by atoms with Gasteiger partial charge in [0.2, 0.25) is 11.1 Å². The zero-order chi connectivity index (χ0) is 20.3. The van der Waals surface area contributed by atoms with Crippen molar-refractivity contribution < 1.29 is 14.1 Å². The van der Waals surface area contributed by atoms with E-state index in [1.54, 1.807) is 26.0 Å². The molecule has 1 aromatic heterocycles. The van der Waals surface area contributed by atoms with Crippen molar-refractivity contribution in [3.8, 4) is 5.69 Å². The number of amides is 1. The number of nitrogens with zero attached hydrogens (tertiary/aromatic N) is 5. The molecule has 0 aliphatic rings. The Kier molecular flexibility index (Phi) is 5.64. The van der Waals surface area contributed by atoms with Gasteiger partial charge in [-0.1, -0.05) is 17.8 Å². The monoisotopic (exact) mass is 402 g/mol. The third-order valence-corrected chi connectivity index (χ3v) is 4.83. The van der Waals surface area contributed by atoms with Crippen LogP contribution in [0.4, 0.5) is 15.8 Å². The van der Waals surface area contributed by atoms with Gasteiger partial charge in [-0.05, 0) is 59.7 Å². The van der Waals surface area contributed by atoms with E-state index >= 15 is 0 Å². The highest BCUT2D eigenvalue weighted by Gasteiger charge is 2.18. The average Bonchev–Trinajstić information content (AvgIpc) is 3.11. The number of anilines is 1. The highest BCUT2D eigenvalue weighted by molar-refractivity contribution is 7.99. The van der Waals surface area contributed by atoms with Crippen molar-refractivity contribution in [1.29, 1.82) is 0 Å². The SMILES string of the molecule is Cc1cc(NC(=O)CSc2nnnn2-c2cccc(F)c2)c([N+](=O)[O-])cc1C. The Bertz CT molecular complexity index is 1060. The second kappa shape index (κ2) is 8.13. The molecule has 0 saturated carbocycles. The third kappa shape index (κ3) is 4.31. The Balaban J connectivity index is 1.72. The summed E-state index contributed by atoms with van der Waals surface area (Å²) in [6.07, 6.45) is 0. The lowest BCUT2D eigenvalue weighted by atomic mass is 10.1. The fraction of sp³-hybridized carbons (Fsp3) is 0.176. The molecule has 0 aliphatic heterocycles. The van der Waals surface area contributed by atoms with E-state index in [-0.39, 0.29) is 22.3 Å². The number of aromatic nitrogens is 4. The molecule has 144 valence electrons. The highest BCUT2D eigenvalue weighted by Crippen LogP contribution is 2.28. The van der Waals surface area contributed by atoms with Gasteiger partial charge in [0.15, 0.2) is 0 Å². The second-order valence-corrected chi connectivity index (χ2v) is 6.84. The quantitative estimate of drug-likeness (QED) is 0.383. The van der Waals surface area contributed by atoms with Crippen LogP contribution in [-0.2, 0) is 4.79 Å². The van der Waals surface area contributed by atoms with Crippen LogP contribution in [0.15, 0.2) is 41.6 Å². The van der Waals surface area contributed by atoms with Crippen LogP contribution in [0.3, 0.4) is 0 Å². The van der Waals surface area contributed by atoms with Crippen molar-refractivity contribution in [2.45, 2.75) is 19.0 Å². The second-order valence-electron chi connectivity index (χ2n) is 5.90. The third-order valence-electron chi connectivity index (χ3n) is 3.91. The maximum atomic E-state index is 13.4. The predicted octanol–water partition coefficient (Wildman–Crippen LogP) is 3.06. The summed E-state index contributed by atoms with van der Waals surface area (Å²) in [5.41, 5.74) is 1.95. The molecular formula is C17H15FN6O3S. The first-order valence-electron chi connectivity index (χ1n) is 8.08. The maximum Gasteiger partial charge on any atom is 0.293 e. The number of rotatable bonds is 6. The summed E-state index contributed by atoms with van der Waals surface area (Å²) in [6.45, 7) is 3.56. The first kappa shape index (κ1) is 19.4. The molecule has 0 fully saturated rings. The van der Waals surface area contributed by atoms with Crippen molar-refractivity contribution in [3.63, 3.8) is 0 Å². The van der Waals surface area contributed by atoms with Gasteiger partial charge in [0.1, 0.15) is 11.5 Å². The zero-order valence-electron chi connectivity index (χ0n) is 14.9. The van der Waals surface area contributed by atoms with Crippen LogP contribution < -0.4 is 5.32 Å². The molecule has 11 heteroatoms. The van der Waals surface area contributed by atoms with E-state index in [0.29, 0.717) is 5.69 Å². The van der Waals surface area contributed by atoms with Gasteiger partial charge in [0, 0.05) is 6.07 Å². The molecule has 0 saturated heterocycles. The van der Waals surface area contributed by atoms with E-state index in [0.717, 1.165) is 22.9 Å². The summed E-state index contributed by atoms with van der Waals surface area (Å²) in [5.74, 6) is -0.978. The number of aryl methyl sites for hydroxylation is 2. The molecule has 9 nitrogen and oxygen atoms in total. The molecular weight excluding hydrogens is 387 g/mol. The Labute approximate surface area is 163 Å². The normalized spacial score (nSPS) is 10.7. The highest BCUT2D eigenvalue weighted by atomic mass is 32.2. The Morgan fingerprint density at radius 2 is 2.04 bits per heavy atom. The van der Waals surface area contributed by atoms with Gasteiger partial charge in [0.05, 0.1) is 16.4 Å². The minimum absolute atomic E-state index is 0.0836. The van der Waals surface area contributed by atoms with Crippen molar-refractivity contribution in [3.05, 3.63) is 63.5 Å². The van der Waals surface area contributed by atoms with Crippen LogP contribution in [0.5, 0.6) is 0 Å². The molecule has 1 amide bonds. The lowest BCUT2D eigenvalue weighted by Gasteiger charge is -2.09. The number of benzene rings is 2. The predicted molar refractivity (Wildman–Crippen MR) is 101 cm³/mol. The van der Waals surface area contributed by atoms with Crippen molar-refractivity contribution in [1.82, 2.24) is 20.2 Å². The summed E-state index contributed by atoms with van der Waals surface area (Å²) in [7, 11) is 0. The molecule has 1 N–H and O–H groups in total. The maximum absolute atomic E-state index is 13.4. The number of hydrogen-bond acceptors (Lipinski definition) is 7. The first-order valence-corrected chi connectivity index (χ1v) is 9.06. The number of carbonyl (C=O) groups excluding carboxylic acids is 1. The molecule has 0 spiro atoms. The fourth-order valence-corrected chi connectivity index (χ4v) is 3.10. The lowest BCUT2D eigenvalue weighted by molar-refractivity contribution is -0.384. The topological polar surface area (TPSA) is 116 Å². The number of thioether (sulfide) groups is 1. The van der Waals surface area contributed by atoms with E-state index in [1.807, 2.05) is 0 Å². The summed E-state index contributed by atoms with van der Waals surface area (Å²) >= 11 is 1.03. The standard InChI is InChI=1S/C17H15FN6O3S/c1-10-6-14(15(24(26)27)7-11(10)2)19-16(25)9-28-17-20-21-22-23(17)13-5-3-4-12(18)8-13/h3-8H,9H2,1-2H3,(H,19,25). The molecule has 1 heterocycles. The number of hydrogen-bond donors (Lipinski definition) is 1. The Hall–Kier alpha value is -3.34. The smallest absolute Gasteiger partial charge is 0.293 e. The van der Waals surface area contributed by atoms with Crippen molar-refractivity contribution in [2.75, 3.05) is 11.1 Å². The number of nitrogens with one attached hydrogen (secondary N) is 1. The van der Waals surface area contributed by atoms with Gasteiger partial charge < -0.3 is 5.32 Å². The van der Waals surface area contributed by atoms with E-state index in [2.05, 4.69) is 20.8 Å². The van der Waals surface area contributed by atoms with Crippen molar-refractivity contribution in [2.24, 2.45) is 0 Å². The largest absolute Gasteiger partial charge is 0.320 e. The van der Waals surface area contributed by atoms with Crippen LogP contribution in [-0.4, -0.2) is 36.8 Å². The Morgan fingerprint density at radius 1 is 1.29 bits per heavy atom. The summed E-state index contributed by atoms with van der Waals surface area (Å²) < 4.78 is 14.7. The summed E-state index contributed by atoms with van der Waals surface area (Å²) in [6, 6.07) is 8.69. The molecule has 0 unspecified atom stereocenters. The van der Waals surface area contributed by atoms with Crippen LogP contribution in [0.2, 0.25) is 0 Å². The molecule has 3 rings (SSSR count). The fourth-order valence-electron chi connectivity index (χ4n) is 2.41. The lowest BCUT2D eigenvalue weighted by Crippen LogP contribution is -2.16. The van der Waals surface area contributed by atoms with Gasteiger partial charge in [-0.3, -0.25) is 14.9 Å². The van der Waals surface area contributed by atoms with Crippen LogP contribution in [0.25, 0.3) is 5.69 Å². The number of nitro benzene ring substituents is 1. The average molecular weight is 402 g/mol. The molecule has 0 bridgehead atoms. The van der Waals surface area contributed by atoms with E-state index < -0.39 is 16.6 Å². The molecule has 0 atom stereocenters. The number of carbonyl (C=O) groups is 1. The minimum atomic E-state index is -0.542. The molecule has 2 aromatic carbocycles. The first-order chi connectivity index (χ1) is 13.3. The molecule has 0 radical (unpaired) electrons. The molecule has 28 heavy (non-hydrogen) atoms. The number of nitro groups is 1. The van der Waals surface area contributed by atoms with Gasteiger partial charge in [-0.2, -0.15) is 4.68 Å². The summed E-state index contributed by atoms with van der Waals surface area (Å²) in [5, 5.41) is 25.2. The van der Waals surface area contributed by atoms with E-state index in [4.69, 9.17) is 0 Å². The Morgan fingerprint density at radius 3 is 2.75 bits per heavy atom. The van der Waals surface area contributed by atoms with Crippen LogP contribution in [0.1, 0.15) is 11.1 Å². The number of halogens is 1. The summed E-state index contributed by atoms with van der Waals surface area (Å²) in [4.78, 5) is 23.0. The van der Waals surface area contributed by atoms with Gasteiger partial charge >= 0.3 is 0 Å². The van der Waals surface area contributed by atoms with E-state index in [1.165, 1.54) is 28.9 Å². The molecule has 3 aromatic rings. The van der Waals surface area contributed by atoms with Crippen molar-refractivity contribution >= 4 is 29.0 Å². The van der Waals surface area contributed by atoms with E-state index in [9.17, 15) is 19.3 Å². The van der Waals surface area contributed by atoms with Crippen LogP contribution >= 0.6 is 11.8 Å². The van der Waals surface area contributed by atoms with Gasteiger partial charge in [0.25, 0.3) is 5.69 Å².